The van der Waals surface area contributed by atoms with Crippen molar-refractivity contribution in [2.75, 3.05) is 27.2 Å². The van der Waals surface area contributed by atoms with Crippen molar-refractivity contribution in [2.24, 2.45) is 5.92 Å². The van der Waals surface area contributed by atoms with Crippen molar-refractivity contribution in [2.45, 2.75) is 13.0 Å². The monoisotopic (exact) mass is 250 g/mol. The van der Waals surface area contributed by atoms with E-state index in [9.17, 15) is 4.79 Å². The van der Waals surface area contributed by atoms with Gasteiger partial charge in [-0.15, -0.1) is 0 Å². The highest BCUT2D eigenvalue weighted by Gasteiger charge is 2.15. The third-order valence-corrected chi connectivity index (χ3v) is 2.88. The van der Waals surface area contributed by atoms with Crippen LogP contribution in [-0.4, -0.2) is 33.2 Å². The van der Waals surface area contributed by atoms with Gasteiger partial charge in [-0.1, -0.05) is 37.3 Å². The van der Waals surface area contributed by atoms with Crippen molar-refractivity contribution in [3.63, 3.8) is 0 Å². The molecule has 2 unspecified atom stereocenters. The van der Waals surface area contributed by atoms with Crippen LogP contribution in [-0.2, 0) is 9.53 Å². The Morgan fingerprint density at radius 3 is 2.50 bits per heavy atom. The van der Waals surface area contributed by atoms with Gasteiger partial charge in [0.2, 0.25) is 5.91 Å². The second-order valence-corrected chi connectivity index (χ2v) is 4.34. The lowest BCUT2D eigenvalue weighted by Gasteiger charge is -2.18. The van der Waals surface area contributed by atoms with Crippen molar-refractivity contribution in [1.82, 2.24) is 10.6 Å². The van der Waals surface area contributed by atoms with Crippen LogP contribution in [0.1, 0.15) is 18.6 Å². The molecule has 0 aliphatic rings. The molecule has 4 nitrogen and oxygen atoms in total. The molecule has 100 valence electrons. The normalized spacial score (nSPS) is 13.9. The number of ether oxygens (including phenoxy) is 1. The molecule has 1 aromatic rings. The molecule has 4 heteroatoms. The molecule has 0 bridgehead atoms. The average Bonchev–Trinajstić information content (AvgIpc) is 2.40. The fourth-order valence-electron chi connectivity index (χ4n) is 1.77. The van der Waals surface area contributed by atoms with Crippen LogP contribution >= 0.6 is 0 Å². The summed E-state index contributed by atoms with van der Waals surface area (Å²) in [5, 5.41) is 5.90. The van der Waals surface area contributed by atoms with Crippen LogP contribution in [0.2, 0.25) is 0 Å². The molecule has 18 heavy (non-hydrogen) atoms. The predicted molar refractivity (Wildman–Crippen MR) is 72.3 cm³/mol. The summed E-state index contributed by atoms with van der Waals surface area (Å²) in [7, 11) is 3.49. The highest BCUT2D eigenvalue weighted by molar-refractivity contribution is 5.78. The zero-order valence-electron chi connectivity index (χ0n) is 11.3. The summed E-state index contributed by atoms with van der Waals surface area (Å²) in [5.74, 6) is 0.00520. The third kappa shape index (κ3) is 4.47. The standard InChI is InChI=1S/C14H22N2O2/c1-11(9-15-2)14(17)16-10-13(18-3)12-7-5-4-6-8-12/h4-8,11,13,15H,9-10H2,1-3H3,(H,16,17). The summed E-state index contributed by atoms with van der Waals surface area (Å²) >= 11 is 0. The number of methoxy groups -OCH3 is 1. The topological polar surface area (TPSA) is 50.4 Å². The molecule has 0 aliphatic heterocycles. The quantitative estimate of drug-likeness (QED) is 0.768. The number of hydrogen-bond donors (Lipinski definition) is 2. The molecule has 1 aromatic carbocycles. The van der Waals surface area contributed by atoms with E-state index in [1.165, 1.54) is 0 Å². The van der Waals surface area contributed by atoms with E-state index < -0.39 is 0 Å². The SMILES string of the molecule is CNCC(C)C(=O)NCC(OC)c1ccccc1. The van der Waals surface area contributed by atoms with Crippen molar-refractivity contribution in [1.29, 1.82) is 0 Å². The Balaban J connectivity index is 2.48. The molecule has 0 aromatic heterocycles. The van der Waals surface area contributed by atoms with Gasteiger partial charge >= 0.3 is 0 Å². The molecule has 0 fully saturated rings. The van der Waals surface area contributed by atoms with Crippen molar-refractivity contribution in [3.8, 4) is 0 Å². The van der Waals surface area contributed by atoms with E-state index in [2.05, 4.69) is 10.6 Å². The lowest BCUT2D eigenvalue weighted by atomic mass is 10.1. The summed E-state index contributed by atoms with van der Waals surface area (Å²) in [6, 6.07) is 9.89. The molecule has 0 saturated heterocycles. The van der Waals surface area contributed by atoms with E-state index in [1.807, 2.05) is 44.3 Å². The molecule has 1 amide bonds. The number of nitrogens with one attached hydrogen (secondary N) is 2. The Hall–Kier alpha value is -1.39. The summed E-state index contributed by atoms with van der Waals surface area (Å²) in [4.78, 5) is 11.8. The maximum Gasteiger partial charge on any atom is 0.224 e. The second kappa shape index (κ2) is 7.84. The van der Waals surface area contributed by atoms with Gasteiger partial charge in [0.05, 0.1) is 6.10 Å². The number of rotatable bonds is 7. The molecule has 0 radical (unpaired) electrons. The van der Waals surface area contributed by atoms with Crippen LogP contribution in [0.3, 0.4) is 0 Å². The minimum atomic E-state index is -0.100. The smallest absolute Gasteiger partial charge is 0.224 e. The van der Waals surface area contributed by atoms with E-state index in [4.69, 9.17) is 4.74 Å². The van der Waals surface area contributed by atoms with Crippen LogP contribution in [0.25, 0.3) is 0 Å². The first-order valence-electron chi connectivity index (χ1n) is 6.19. The fraction of sp³-hybridized carbons (Fsp3) is 0.500. The highest BCUT2D eigenvalue weighted by atomic mass is 16.5. The Bertz CT molecular complexity index is 354. The first kappa shape index (κ1) is 14.7. The van der Waals surface area contributed by atoms with Gasteiger partial charge in [0, 0.05) is 26.1 Å². The minimum Gasteiger partial charge on any atom is -0.375 e. The maximum absolute atomic E-state index is 11.8. The van der Waals surface area contributed by atoms with Crippen molar-refractivity contribution >= 4 is 5.91 Å². The van der Waals surface area contributed by atoms with E-state index in [0.29, 0.717) is 13.1 Å². The number of hydrogen-bond acceptors (Lipinski definition) is 3. The van der Waals surface area contributed by atoms with Crippen molar-refractivity contribution < 1.29 is 9.53 Å². The number of carbonyl (C=O) groups is 1. The predicted octanol–water partition coefficient (Wildman–Crippen LogP) is 1.35. The second-order valence-electron chi connectivity index (χ2n) is 4.34. The summed E-state index contributed by atoms with van der Waals surface area (Å²) in [5.41, 5.74) is 1.07. The van der Waals surface area contributed by atoms with Crippen LogP contribution in [0.15, 0.2) is 30.3 Å². The van der Waals surface area contributed by atoms with Gasteiger partial charge in [0.15, 0.2) is 0 Å². The number of amides is 1. The number of benzene rings is 1. The Kier molecular flexibility index (Phi) is 6.39. The molecule has 1 rings (SSSR count). The van der Waals surface area contributed by atoms with Gasteiger partial charge in [-0.05, 0) is 12.6 Å². The van der Waals surface area contributed by atoms with Crippen molar-refractivity contribution in [3.05, 3.63) is 35.9 Å². The van der Waals surface area contributed by atoms with Gasteiger partial charge in [0.1, 0.15) is 0 Å². The van der Waals surface area contributed by atoms with Crippen LogP contribution < -0.4 is 10.6 Å². The zero-order chi connectivity index (χ0) is 13.4. The molecular weight excluding hydrogens is 228 g/mol. The lowest BCUT2D eigenvalue weighted by Crippen LogP contribution is -2.36. The molecule has 2 atom stereocenters. The first-order chi connectivity index (χ1) is 8.69. The highest BCUT2D eigenvalue weighted by Crippen LogP contribution is 2.14. The number of carbonyl (C=O) groups excluding carboxylic acids is 1. The summed E-state index contributed by atoms with van der Waals surface area (Å²) in [6.45, 7) is 3.07. The average molecular weight is 250 g/mol. The third-order valence-electron chi connectivity index (χ3n) is 2.88. The van der Waals surface area contributed by atoms with E-state index in [-0.39, 0.29) is 17.9 Å². The van der Waals surface area contributed by atoms with E-state index in [0.717, 1.165) is 5.56 Å². The Labute approximate surface area is 109 Å². The van der Waals surface area contributed by atoms with Gasteiger partial charge in [-0.2, -0.15) is 0 Å². The Morgan fingerprint density at radius 2 is 1.94 bits per heavy atom. The molecular formula is C14H22N2O2. The first-order valence-corrected chi connectivity index (χ1v) is 6.19. The maximum atomic E-state index is 11.8. The molecule has 0 saturated carbocycles. The summed E-state index contributed by atoms with van der Waals surface area (Å²) < 4.78 is 5.40. The van der Waals surface area contributed by atoms with Crippen LogP contribution in [0, 0.1) is 5.92 Å². The molecule has 2 N–H and O–H groups in total. The minimum absolute atomic E-state index is 0.0386. The fourth-order valence-corrected chi connectivity index (χ4v) is 1.77. The van der Waals surface area contributed by atoms with Gasteiger partial charge in [-0.25, -0.2) is 0 Å². The molecule has 0 spiro atoms. The van der Waals surface area contributed by atoms with E-state index in [1.54, 1.807) is 7.11 Å². The van der Waals surface area contributed by atoms with Crippen LogP contribution in [0.4, 0.5) is 0 Å². The van der Waals surface area contributed by atoms with Gasteiger partial charge in [0.25, 0.3) is 0 Å². The Morgan fingerprint density at radius 1 is 1.28 bits per heavy atom. The van der Waals surface area contributed by atoms with Gasteiger partial charge in [-0.3, -0.25) is 4.79 Å². The van der Waals surface area contributed by atoms with E-state index >= 15 is 0 Å². The van der Waals surface area contributed by atoms with Crippen LogP contribution in [0.5, 0.6) is 0 Å². The van der Waals surface area contributed by atoms with Gasteiger partial charge < -0.3 is 15.4 Å². The summed E-state index contributed by atoms with van der Waals surface area (Å²) in [6.07, 6.45) is -0.100. The molecule has 0 aliphatic carbocycles. The molecule has 0 heterocycles. The largest absolute Gasteiger partial charge is 0.375 e. The lowest BCUT2D eigenvalue weighted by molar-refractivity contribution is -0.124. The zero-order valence-corrected chi connectivity index (χ0v) is 11.3.